The summed E-state index contributed by atoms with van der Waals surface area (Å²) in [5, 5.41) is 8.05. The number of nitrogens with one attached hydrogen (secondary N) is 1. The van der Waals surface area contributed by atoms with Crippen LogP contribution in [0, 0.1) is 5.41 Å². The van der Waals surface area contributed by atoms with Crippen molar-refractivity contribution < 1.29 is 4.74 Å². The highest BCUT2D eigenvalue weighted by Crippen LogP contribution is 2.31. The third-order valence-corrected chi connectivity index (χ3v) is 4.30. The lowest BCUT2D eigenvalue weighted by Gasteiger charge is -2.11. The Hall–Kier alpha value is -2.85. The molecular weight excluding hydrogens is 346 g/mol. The predicted octanol–water partition coefficient (Wildman–Crippen LogP) is 4.48. The number of pyridine rings is 1. The number of nitrogens with two attached hydrogens (primary N) is 1. The van der Waals surface area contributed by atoms with Gasteiger partial charge in [-0.15, -0.1) is 0 Å². The summed E-state index contributed by atoms with van der Waals surface area (Å²) in [6.07, 6.45) is 3.06. The fourth-order valence-corrected chi connectivity index (χ4v) is 3.04. The van der Waals surface area contributed by atoms with Gasteiger partial charge in [0.25, 0.3) is 0 Å². The number of nitrogens with zero attached hydrogens (tertiary/aromatic N) is 1. The molecule has 0 fully saturated rings. The zero-order chi connectivity index (χ0) is 18.5. The number of amidine groups is 1. The third-order valence-electron chi connectivity index (χ3n) is 4.06. The van der Waals surface area contributed by atoms with E-state index in [1.807, 2.05) is 42.6 Å². The smallest absolute Gasteiger partial charge is 0.221 e. The first-order chi connectivity index (χ1) is 12.5. The molecule has 3 N–H and O–H groups in total. The number of hydrogen-bond donors (Lipinski definition) is 2. The van der Waals surface area contributed by atoms with E-state index in [4.69, 9.17) is 27.5 Å². The normalized spacial score (nSPS) is 10.5. The molecule has 0 atom stereocenters. The summed E-state index contributed by atoms with van der Waals surface area (Å²) in [7, 11) is 1.61. The molecule has 3 aromatic rings. The number of benzene rings is 2. The van der Waals surface area contributed by atoms with Crippen molar-refractivity contribution in [3.05, 3.63) is 82.5 Å². The van der Waals surface area contributed by atoms with E-state index in [0.29, 0.717) is 17.3 Å². The Morgan fingerprint density at radius 1 is 1.08 bits per heavy atom. The van der Waals surface area contributed by atoms with Gasteiger partial charge in [-0.1, -0.05) is 48.0 Å². The van der Waals surface area contributed by atoms with Crippen molar-refractivity contribution in [1.82, 2.24) is 4.98 Å². The molecule has 3 rings (SSSR count). The maximum absolute atomic E-state index is 7.37. The van der Waals surface area contributed by atoms with Gasteiger partial charge >= 0.3 is 0 Å². The second-order valence-electron chi connectivity index (χ2n) is 6.11. The van der Waals surface area contributed by atoms with Crippen LogP contribution in [-0.4, -0.2) is 17.9 Å². The van der Waals surface area contributed by atoms with E-state index in [1.165, 1.54) is 5.56 Å². The fraction of sp³-hybridized carbons (Fsp3) is 0.143. The molecular formula is C21H20ClN3O. The highest BCUT2D eigenvalue weighted by atomic mass is 35.5. The highest BCUT2D eigenvalue weighted by Gasteiger charge is 2.10. The number of halogens is 1. The molecule has 0 aliphatic rings. The minimum atomic E-state index is 0.170. The number of aromatic nitrogens is 1. The average molecular weight is 366 g/mol. The van der Waals surface area contributed by atoms with Crippen LogP contribution in [0.3, 0.4) is 0 Å². The van der Waals surface area contributed by atoms with Crippen molar-refractivity contribution in [2.24, 2.45) is 5.73 Å². The van der Waals surface area contributed by atoms with E-state index in [2.05, 4.69) is 23.2 Å². The van der Waals surface area contributed by atoms with Crippen molar-refractivity contribution in [3.8, 4) is 17.0 Å². The van der Waals surface area contributed by atoms with Crippen LogP contribution in [-0.2, 0) is 12.8 Å². The summed E-state index contributed by atoms with van der Waals surface area (Å²) in [5.74, 6) is 0.746. The molecule has 0 bridgehead atoms. The van der Waals surface area contributed by atoms with E-state index >= 15 is 0 Å². The molecule has 0 radical (unpaired) electrons. The first kappa shape index (κ1) is 18.0. The summed E-state index contributed by atoms with van der Waals surface area (Å²) >= 11 is 6.13. The van der Waals surface area contributed by atoms with Gasteiger partial charge in [0, 0.05) is 23.2 Å². The summed E-state index contributed by atoms with van der Waals surface area (Å²) in [6, 6.07) is 17.9. The zero-order valence-electron chi connectivity index (χ0n) is 14.5. The third kappa shape index (κ3) is 4.41. The standard InChI is InChI=1S/C21H20ClN3O/c1-26-21-19(17-3-2-4-18(22)12-17)10-16(13-25-21)9-14-5-7-15(8-6-14)11-20(23)24/h2-8,10,12-13H,9,11H2,1H3,(H3,23,24). The molecule has 0 saturated heterocycles. The van der Waals surface area contributed by atoms with Gasteiger partial charge in [-0.05, 0) is 46.9 Å². The van der Waals surface area contributed by atoms with Crippen LogP contribution in [0.25, 0.3) is 11.1 Å². The number of methoxy groups -OCH3 is 1. The van der Waals surface area contributed by atoms with E-state index in [-0.39, 0.29) is 5.84 Å². The molecule has 132 valence electrons. The molecule has 26 heavy (non-hydrogen) atoms. The van der Waals surface area contributed by atoms with Gasteiger partial charge in [0.2, 0.25) is 5.88 Å². The molecule has 5 heteroatoms. The molecule has 0 aliphatic heterocycles. The van der Waals surface area contributed by atoms with Gasteiger partial charge in [-0.25, -0.2) is 4.98 Å². The van der Waals surface area contributed by atoms with Gasteiger partial charge in [-0.3, -0.25) is 5.41 Å². The predicted molar refractivity (Wildman–Crippen MR) is 106 cm³/mol. The zero-order valence-corrected chi connectivity index (χ0v) is 15.3. The monoisotopic (exact) mass is 365 g/mol. The second kappa shape index (κ2) is 8.02. The molecule has 0 spiro atoms. The first-order valence-electron chi connectivity index (χ1n) is 8.24. The first-order valence-corrected chi connectivity index (χ1v) is 8.62. The topological polar surface area (TPSA) is 72.0 Å². The molecule has 0 saturated carbocycles. The largest absolute Gasteiger partial charge is 0.481 e. The quantitative estimate of drug-likeness (QED) is 0.499. The van der Waals surface area contributed by atoms with Crippen LogP contribution >= 0.6 is 11.6 Å². The average Bonchev–Trinajstić information content (AvgIpc) is 2.63. The lowest BCUT2D eigenvalue weighted by atomic mass is 10.00. The van der Waals surface area contributed by atoms with Crippen LogP contribution in [0.1, 0.15) is 16.7 Å². The summed E-state index contributed by atoms with van der Waals surface area (Å²) < 4.78 is 5.41. The summed E-state index contributed by atoms with van der Waals surface area (Å²) in [6.45, 7) is 0. The number of hydrogen-bond acceptors (Lipinski definition) is 3. The minimum absolute atomic E-state index is 0.170. The maximum atomic E-state index is 7.37. The van der Waals surface area contributed by atoms with Gasteiger partial charge in [0.05, 0.1) is 12.9 Å². The van der Waals surface area contributed by atoms with E-state index < -0.39 is 0 Å². The molecule has 2 aromatic carbocycles. The Morgan fingerprint density at radius 3 is 2.46 bits per heavy atom. The Bertz CT molecular complexity index is 923. The molecule has 0 aliphatic carbocycles. The van der Waals surface area contributed by atoms with Crippen molar-refractivity contribution in [2.45, 2.75) is 12.8 Å². The molecule has 4 nitrogen and oxygen atoms in total. The maximum Gasteiger partial charge on any atom is 0.221 e. The van der Waals surface area contributed by atoms with Crippen molar-refractivity contribution >= 4 is 17.4 Å². The second-order valence-corrected chi connectivity index (χ2v) is 6.54. The van der Waals surface area contributed by atoms with Gasteiger partial charge in [0.15, 0.2) is 0 Å². The van der Waals surface area contributed by atoms with Gasteiger partial charge < -0.3 is 10.5 Å². The van der Waals surface area contributed by atoms with Gasteiger partial charge in [0.1, 0.15) is 0 Å². The minimum Gasteiger partial charge on any atom is -0.481 e. The SMILES string of the molecule is COc1ncc(Cc2ccc(CC(=N)N)cc2)cc1-c1cccc(Cl)c1. The van der Waals surface area contributed by atoms with E-state index in [1.54, 1.807) is 7.11 Å². The van der Waals surface area contributed by atoms with Crippen LogP contribution in [0.4, 0.5) is 0 Å². The number of ether oxygens (including phenoxy) is 1. The highest BCUT2D eigenvalue weighted by molar-refractivity contribution is 6.30. The molecule has 1 aromatic heterocycles. The Balaban J connectivity index is 1.87. The Labute approximate surface area is 158 Å². The van der Waals surface area contributed by atoms with Crippen LogP contribution in [0.15, 0.2) is 60.8 Å². The fourth-order valence-electron chi connectivity index (χ4n) is 2.85. The lowest BCUT2D eigenvalue weighted by molar-refractivity contribution is 0.399. The van der Waals surface area contributed by atoms with Crippen LogP contribution in [0.5, 0.6) is 5.88 Å². The summed E-state index contributed by atoms with van der Waals surface area (Å²) in [4.78, 5) is 4.45. The van der Waals surface area contributed by atoms with E-state index in [0.717, 1.165) is 28.7 Å². The number of rotatable bonds is 6. The van der Waals surface area contributed by atoms with Crippen molar-refractivity contribution in [1.29, 1.82) is 5.41 Å². The Morgan fingerprint density at radius 2 is 1.81 bits per heavy atom. The van der Waals surface area contributed by atoms with Crippen LogP contribution < -0.4 is 10.5 Å². The summed E-state index contributed by atoms with van der Waals surface area (Å²) in [5.41, 5.74) is 10.6. The van der Waals surface area contributed by atoms with Crippen molar-refractivity contribution in [2.75, 3.05) is 7.11 Å². The molecule has 1 heterocycles. The van der Waals surface area contributed by atoms with Crippen LogP contribution in [0.2, 0.25) is 5.02 Å². The van der Waals surface area contributed by atoms with E-state index in [9.17, 15) is 0 Å². The van der Waals surface area contributed by atoms with Crippen molar-refractivity contribution in [3.63, 3.8) is 0 Å². The van der Waals surface area contributed by atoms with Gasteiger partial charge in [-0.2, -0.15) is 0 Å². The molecule has 0 unspecified atom stereocenters. The lowest BCUT2D eigenvalue weighted by Crippen LogP contribution is -2.12. The Kier molecular flexibility index (Phi) is 5.54. The molecule has 0 amide bonds.